The Morgan fingerprint density at radius 3 is 2.66 bits per heavy atom. The molecule has 1 aliphatic rings. The Morgan fingerprint density at radius 1 is 1.22 bits per heavy atom. The molecule has 32 heavy (non-hydrogen) atoms. The van der Waals surface area contributed by atoms with Gasteiger partial charge in [-0.2, -0.15) is 13.2 Å². The molecule has 178 valence electrons. The van der Waals surface area contributed by atoms with Gasteiger partial charge >= 0.3 is 12.1 Å². The molecule has 0 heterocycles. The first kappa shape index (κ1) is 25.9. The number of allylic oxidation sites excluding steroid dienone is 2. The second kappa shape index (κ2) is 12.0. The third-order valence-electron chi connectivity index (χ3n) is 5.39. The van der Waals surface area contributed by atoms with Gasteiger partial charge in [0.1, 0.15) is 18.5 Å². The minimum absolute atomic E-state index is 0.0190. The molecular weight excluding hydrogens is 429 g/mol. The summed E-state index contributed by atoms with van der Waals surface area (Å²) in [5.41, 5.74) is -0.845. The lowest BCUT2D eigenvalue weighted by Crippen LogP contribution is -2.21. The van der Waals surface area contributed by atoms with E-state index in [0.29, 0.717) is 19.3 Å². The zero-order valence-corrected chi connectivity index (χ0v) is 17.5. The number of unbranched alkanes of at least 4 members (excludes halogenated alkanes) is 1. The lowest BCUT2D eigenvalue weighted by Gasteiger charge is -2.19. The van der Waals surface area contributed by atoms with Crippen LogP contribution in [-0.4, -0.2) is 51.3 Å². The number of ether oxygens (including phenoxy) is 1. The molecular formula is C23H29F3O6. The molecule has 0 spiro atoms. The van der Waals surface area contributed by atoms with Crippen molar-refractivity contribution < 1.29 is 43.1 Å². The van der Waals surface area contributed by atoms with E-state index >= 15 is 0 Å². The Morgan fingerprint density at radius 2 is 1.97 bits per heavy atom. The minimum atomic E-state index is -4.49. The van der Waals surface area contributed by atoms with Crippen molar-refractivity contribution in [3.8, 4) is 5.75 Å². The highest BCUT2D eigenvalue weighted by Crippen LogP contribution is 2.36. The Labute approximate surface area is 184 Å². The monoisotopic (exact) mass is 458 g/mol. The average Bonchev–Trinajstić information content (AvgIpc) is 2.99. The van der Waals surface area contributed by atoms with Crippen LogP contribution in [0, 0.1) is 11.8 Å². The van der Waals surface area contributed by atoms with Crippen LogP contribution in [0.4, 0.5) is 13.2 Å². The highest BCUT2D eigenvalue weighted by atomic mass is 19.4. The van der Waals surface area contributed by atoms with Gasteiger partial charge in [0.05, 0.1) is 17.8 Å². The summed E-state index contributed by atoms with van der Waals surface area (Å²) in [7, 11) is 0. The maximum Gasteiger partial charge on any atom is 0.416 e. The van der Waals surface area contributed by atoms with Crippen molar-refractivity contribution in [1.82, 2.24) is 0 Å². The zero-order chi connectivity index (χ0) is 23.7. The fourth-order valence-corrected chi connectivity index (χ4v) is 3.70. The van der Waals surface area contributed by atoms with Gasteiger partial charge in [-0.1, -0.05) is 30.4 Å². The molecule has 1 aliphatic carbocycles. The smallest absolute Gasteiger partial charge is 0.416 e. The molecule has 0 aliphatic heterocycles. The molecule has 0 saturated heterocycles. The van der Waals surface area contributed by atoms with Crippen molar-refractivity contribution in [3.05, 3.63) is 54.1 Å². The molecule has 0 amide bonds. The van der Waals surface area contributed by atoms with E-state index in [1.54, 1.807) is 6.08 Å². The van der Waals surface area contributed by atoms with Gasteiger partial charge in [0.25, 0.3) is 0 Å². The van der Waals surface area contributed by atoms with Crippen LogP contribution < -0.4 is 4.74 Å². The van der Waals surface area contributed by atoms with Crippen LogP contribution in [0.5, 0.6) is 5.75 Å². The number of carboxylic acid groups (broad SMARTS) is 1. The topological polar surface area (TPSA) is 107 Å². The fourth-order valence-electron chi connectivity index (χ4n) is 3.70. The number of hydrogen-bond donors (Lipinski definition) is 4. The van der Waals surface area contributed by atoms with Crippen molar-refractivity contribution in [2.75, 3.05) is 6.61 Å². The summed E-state index contributed by atoms with van der Waals surface area (Å²) in [4.78, 5) is 10.5. The number of aliphatic hydroxyl groups excluding tert-OH is 3. The summed E-state index contributed by atoms with van der Waals surface area (Å²) >= 11 is 0. The summed E-state index contributed by atoms with van der Waals surface area (Å²) in [6.45, 7) is -0.267. The number of aliphatic hydroxyl groups is 3. The summed E-state index contributed by atoms with van der Waals surface area (Å²) in [6.07, 6.45) is 1.48. The van der Waals surface area contributed by atoms with E-state index in [0.717, 1.165) is 12.1 Å². The number of benzene rings is 1. The third-order valence-corrected chi connectivity index (χ3v) is 5.39. The lowest BCUT2D eigenvalue weighted by molar-refractivity contribution is -0.138. The predicted octanol–water partition coefficient (Wildman–Crippen LogP) is 3.56. The third kappa shape index (κ3) is 8.29. The van der Waals surface area contributed by atoms with Gasteiger partial charge < -0.3 is 25.2 Å². The summed E-state index contributed by atoms with van der Waals surface area (Å²) in [6, 6.07) is 4.36. The van der Waals surface area contributed by atoms with Crippen LogP contribution in [0.15, 0.2) is 48.6 Å². The van der Waals surface area contributed by atoms with Gasteiger partial charge in [0.15, 0.2) is 0 Å². The molecule has 1 aromatic rings. The normalized spacial score (nSPS) is 24.9. The molecule has 1 saturated carbocycles. The van der Waals surface area contributed by atoms with Crippen LogP contribution >= 0.6 is 0 Å². The summed E-state index contributed by atoms with van der Waals surface area (Å²) in [5.74, 6) is -1.55. The van der Waals surface area contributed by atoms with E-state index in [2.05, 4.69) is 0 Å². The number of rotatable bonds is 11. The molecule has 0 bridgehead atoms. The molecule has 1 fully saturated rings. The fraction of sp³-hybridized carbons (Fsp3) is 0.522. The van der Waals surface area contributed by atoms with Gasteiger partial charge in [-0.15, -0.1) is 0 Å². The van der Waals surface area contributed by atoms with E-state index in [4.69, 9.17) is 9.84 Å². The van der Waals surface area contributed by atoms with Crippen molar-refractivity contribution >= 4 is 5.97 Å². The number of carboxylic acids is 1. The maximum absolute atomic E-state index is 12.8. The first-order valence-electron chi connectivity index (χ1n) is 10.5. The Hall–Kier alpha value is -2.36. The Kier molecular flexibility index (Phi) is 9.74. The van der Waals surface area contributed by atoms with E-state index < -0.39 is 41.9 Å². The highest BCUT2D eigenvalue weighted by molar-refractivity contribution is 5.66. The van der Waals surface area contributed by atoms with Gasteiger partial charge in [-0.25, -0.2) is 0 Å². The van der Waals surface area contributed by atoms with Crippen molar-refractivity contribution in [3.63, 3.8) is 0 Å². The predicted molar refractivity (Wildman–Crippen MR) is 111 cm³/mol. The van der Waals surface area contributed by atoms with E-state index in [1.807, 2.05) is 12.2 Å². The molecule has 5 atom stereocenters. The van der Waals surface area contributed by atoms with Crippen LogP contribution in [0.1, 0.15) is 37.7 Å². The van der Waals surface area contributed by atoms with Crippen molar-refractivity contribution in [1.29, 1.82) is 0 Å². The van der Waals surface area contributed by atoms with Crippen LogP contribution in [0.2, 0.25) is 0 Å². The lowest BCUT2D eigenvalue weighted by atomic mass is 9.89. The number of carbonyl (C=O) groups is 1. The standard InChI is InChI=1S/C23H29F3O6/c24-23(25,26)15-6-5-7-17(12-15)32-14-16(27)10-11-19-18(20(28)13-21(19)29)8-3-1-2-4-9-22(30)31/h1,3,5-7,10-12,16,18-21,27-29H,2,4,8-9,13-14H2,(H,30,31)/b3-1-,11-10+/t16-,18-,19+,20+,21-/m0/s1. The zero-order valence-electron chi connectivity index (χ0n) is 17.5. The van der Waals surface area contributed by atoms with Crippen LogP contribution in [-0.2, 0) is 11.0 Å². The second-order valence-corrected chi connectivity index (χ2v) is 7.89. The SMILES string of the molecule is O=C(O)CCC/C=C\C[C@H]1[C@@H](/C=C/[C@H](O)COc2cccc(C(F)(F)F)c2)[C@@H](O)C[C@H]1O. The largest absolute Gasteiger partial charge is 0.491 e. The van der Waals surface area contributed by atoms with E-state index in [-0.39, 0.29) is 31.1 Å². The molecule has 9 heteroatoms. The molecule has 4 N–H and O–H groups in total. The van der Waals surface area contributed by atoms with Crippen molar-refractivity contribution in [2.45, 2.75) is 56.6 Å². The Balaban J connectivity index is 1.87. The highest BCUT2D eigenvalue weighted by Gasteiger charge is 2.39. The molecule has 2 rings (SSSR count). The molecule has 0 aromatic heterocycles. The number of halogens is 3. The summed E-state index contributed by atoms with van der Waals surface area (Å²) in [5, 5.41) is 39.2. The molecule has 0 unspecified atom stereocenters. The first-order valence-corrected chi connectivity index (χ1v) is 10.5. The van der Waals surface area contributed by atoms with Crippen LogP contribution in [0.3, 0.4) is 0 Å². The Bertz CT molecular complexity index is 792. The maximum atomic E-state index is 12.8. The van der Waals surface area contributed by atoms with Gasteiger partial charge in [0, 0.05) is 18.8 Å². The van der Waals surface area contributed by atoms with Crippen LogP contribution in [0.25, 0.3) is 0 Å². The van der Waals surface area contributed by atoms with Gasteiger partial charge in [0.2, 0.25) is 0 Å². The first-order chi connectivity index (χ1) is 15.1. The molecule has 0 radical (unpaired) electrons. The quantitative estimate of drug-likeness (QED) is 0.298. The van der Waals surface area contributed by atoms with Gasteiger partial charge in [-0.3, -0.25) is 4.79 Å². The number of aliphatic carboxylic acids is 1. The number of hydrogen-bond acceptors (Lipinski definition) is 5. The van der Waals surface area contributed by atoms with Crippen molar-refractivity contribution in [2.24, 2.45) is 11.8 Å². The number of alkyl halides is 3. The molecule has 1 aromatic carbocycles. The average molecular weight is 458 g/mol. The second-order valence-electron chi connectivity index (χ2n) is 7.89. The van der Waals surface area contributed by atoms with Gasteiger partial charge in [-0.05, 0) is 43.4 Å². The van der Waals surface area contributed by atoms with E-state index in [9.17, 15) is 33.3 Å². The minimum Gasteiger partial charge on any atom is -0.491 e. The van der Waals surface area contributed by atoms with E-state index in [1.165, 1.54) is 18.2 Å². The summed E-state index contributed by atoms with van der Waals surface area (Å²) < 4.78 is 43.5. The molecule has 6 nitrogen and oxygen atoms in total.